The Morgan fingerprint density at radius 1 is 1.17 bits per heavy atom. The predicted molar refractivity (Wildman–Crippen MR) is 110 cm³/mol. The first-order chi connectivity index (χ1) is 14.1. The minimum atomic E-state index is -0.313. The number of nitrogens with zero attached hydrogens (tertiary/aromatic N) is 2. The van der Waals surface area contributed by atoms with Gasteiger partial charge in [0, 0.05) is 36.3 Å². The summed E-state index contributed by atoms with van der Waals surface area (Å²) in [5, 5.41) is 10.2. The largest absolute Gasteiger partial charge is 0.493 e. The van der Waals surface area contributed by atoms with Gasteiger partial charge in [0.05, 0.1) is 26.5 Å². The van der Waals surface area contributed by atoms with E-state index in [1.807, 2.05) is 0 Å². The molecule has 0 radical (unpaired) electrons. The number of carbonyl (C=O) groups excluding carboxylic acids is 2. The molecule has 10 heteroatoms. The summed E-state index contributed by atoms with van der Waals surface area (Å²) in [4.78, 5) is 25.1. The lowest BCUT2D eigenvalue weighted by molar-refractivity contribution is -0.122. The number of aromatic nitrogens is 2. The molecule has 0 aliphatic carbocycles. The van der Waals surface area contributed by atoms with Gasteiger partial charge in [-0.2, -0.15) is 16.9 Å². The third-order valence-corrected chi connectivity index (χ3v) is 5.39. The van der Waals surface area contributed by atoms with Gasteiger partial charge in [-0.3, -0.25) is 9.59 Å². The maximum atomic E-state index is 12.9. The van der Waals surface area contributed by atoms with Crippen molar-refractivity contribution in [3.8, 4) is 11.5 Å². The summed E-state index contributed by atoms with van der Waals surface area (Å²) in [7, 11) is 4.62. The average molecular weight is 420 g/mol. The Morgan fingerprint density at radius 2 is 1.97 bits per heavy atom. The van der Waals surface area contributed by atoms with E-state index in [1.165, 1.54) is 14.2 Å². The number of ether oxygens (including phenoxy) is 3. The summed E-state index contributed by atoms with van der Waals surface area (Å²) in [6.45, 7) is 0.864. The number of anilines is 1. The van der Waals surface area contributed by atoms with Crippen LogP contribution in [0.1, 0.15) is 21.6 Å². The first-order valence-electron chi connectivity index (χ1n) is 9.02. The van der Waals surface area contributed by atoms with Gasteiger partial charge in [0.25, 0.3) is 5.91 Å². The highest BCUT2D eigenvalue weighted by Crippen LogP contribution is 2.35. The molecule has 0 unspecified atom stereocenters. The molecule has 0 fully saturated rings. The Balaban J connectivity index is 1.79. The molecule has 0 saturated carbocycles. The summed E-state index contributed by atoms with van der Waals surface area (Å²) in [5.74, 6) is 2.54. The van der Waals surface area contributed by atoms with Crippen LogP contribution in [-0.2, 0) is 27.6 Å². The summed E-state index contributed by atoms with van der Waals surface area (Å²) in [6, 6.07) is 4.94. The number of methoxy groups -OCH3 is 3. The van der Waals surface area contributed by atoms with Gasteiger partial charge in [-0.15, -0.1) is 0 Å². The van der Waals surface area contributed by atoms with Crippen molar-refractivity contribution in [2.45, 2.75) is 18.1 Å². The quantitative estimate of drug-likeness (QED) is 0.595. The highest BCUT2D eigenvalue weighted by Gasteiger charge is 2.25. The number of hydrogen-bond donors (Lipinski definition) is 2. The van der Waals surface area contributed by atoms with Crippen LogP contribution in [-0.4, -0.2) is 56.1 Å². The van der Waals surface area contributed by atoms with E-state index in [1.54, 1.807) is 41.8 Å². The number of thioether (sulfide) groups is 1. The second-order valence-electron chi connectivity index (χ2n) is 6.29. The Morgan fingerprint density at radius 3 is 2.69 bits per heavy atom. The van der Waals surface area contributed by atoms with Crippen molar-refractivity contribution in [2.24, 2.45) is 0 Å². The molecule has 2 N–H and O–H groups in total. The molecular formula is C19H24N4O5S. The molecule has 2 amide bonds. The van der Waals surface area contributed by atoms with E-state index >= 15 is 0 Å². The van der Waals surface area contributed by atoms with E-state index in [-0.39, 0.29) is 18.4 Å². The van der Waals surface area contributed by atoms with Crippen LogP contribution < -0.4 is 20.1 Å². The number of hydrogen-bond acceptors (Lipinski definition) is 7. The first-order valence-corrected chi connectivity index (χ1v) is 10.2. The number of fused-ring (bicyclic) bond motifs is 1. The van der Waals surface area contributed by atoms with Crippen LogP contribution in [0.2, 0.25) is 0 Å². The van der Waals surface area contributed by atoms with E-state index < -0.39 is 0 Å². The smallest absolute Gasteiger partial charge is 0.256 e. The van der Waals surface area contributed by atoms with Gasteiger partial charge in [0.2, 0.25) is 5.91 Å². The van der Waals surface area contributed by atoms with Gasteiger partial charge < -0.3 is 24.8 Å². The van der Waals surface area contributed by atoms with Gasteiger partial charge in [0.1, 0.15) is 12.4 Å². The maximum absolute atomic E-state index is 12.9. The fourth-order valence-corrected chi connectivity index (χ4v) is 4.00. The fraction of sp³-hybridized carbons (Fsp3) is 0.421. The topological polar surface area (TPSA) is 104 Å². The summed E-state index contributed by atoms with van der Waals surface area (Å²) < 4.78 is 17.0. The summed E-state index contributed by atoms with van der Waals surface area (Å²) >= 11 is 1.72. The van der Waals surface area contributed by atoms with Gasteiger partial charge in [0.15, 0.2) is 11.5 Å². The minimum Gasteiger partial charge on any atom is -0.493 e. The maximum Gasteiger partial charge on any atom is 0.256 e. The molecule has 0 spiro atoms. The van der Waals surface area contributed by atoms with E-state index in [2.05, 4.69) is 15.7 Å². The van der Waals surface area contributed by atoms with Gasteiger partial charge >= 0.3 is 0 Å². The molecule has 2 aromatic rings. The Kier molecular flexibility index (Phi) is 6.99. The van der Waals surface area contributed by atoms with Crippen molar-refractivity contribution in [3.05, 3.63) is 35.0 Å². The zero-order valence-electron chi connectivity index (χ0n) is 16.6. The number of nitrogens with one attached hydrogen (secondary N) is 2. The van der Waals surface area contributed by atoms with Crippen molar-refractivity contribution in [1.29, 1.82) is 0 Å². The van der Waals surface area contributed by atoms with Crippen LogP contribution in [0.3, 0.4) is 0 Å². The lowest BCUT2D eigenvalue weighted by Crippen LogP contribution is -2.31. The van der Waals surface area contributed by atoms with Gasteiger partial charge in [-0.05, 0) is 18.2 Å². The second kappa shape index (κ2) is 9.66. The number of benzene rings is 1. The van der Waals surface area contributed by atoms with E-state index in [0.29, 0.717) is 36.0 Å². The van der Waals surface area contributed by atoms with E-state index in [9.17, 15) is 9.59 Å². The van der Waals surface area contributed by atoms with Crippen molar-refractivity contribution in [2.75, 3.05) is 39.8 Å². The predicted octanol–water partition coefficient (Wildman–Crippen LogP) is 1.66. The van der Waals surface area contributed by atoms with Crippen LogP contribution in [0.5, 0.6) is 11.5 Å². The lowest BCUT2D eigenvalue weighted by Gasteiger charge is -2.13. The van der Waals surface area contributed by atoms with Crippen LogP contribution in [0.15, 0.2) is 18.2 Å². The molecular weight excluding hydrogens is 396 g/mol. The van der Waals surface area contributed by atoms with E-state index in [0.717, 1.165) is 22.8 Å². The number of rotatable bonds is 9. The zero-order valence-corrected chi connectivity index (χ0v) is 17.4. The van der Waals surface area contributed by atoms with E-state index in [4.69, 9.17) is 14.2 Å². The van der Waals surface area contributed by atoms with Crippen molar-refractivity contribution >= 4 is 29.4 Å². The molecule has 156 valence electrons. The molecule has 1 aromatic carbocycles. The van der Waals surface area contributed by atoms with Crippen LogP contribution in [0.4, 0.5) is 5.82 Å². The Hall–Kier alpha value is -2.72. The minimum absolute atomic E-state index is 0.0168. The molecule has 1 aliphatic rings. The molecule has 0 saturated heterocycles. The van der Waals surface area contributed by atoms with Crippen molar-refractivity contribution < 1.29 is 23.8 Å². The third kappa shape index (κ3) is 4.83. The molecule has 1 aliphatic heterocycles. The van der Waals surface area contributed by atoms with Crippen LogP contribution in [0, 0.1) is 0 Å². The molecule has 3 rings (SSSR count). The van der Waals surface area contributed by atoms with Crippen molar-refractivity contribution in [3.63, 3.8) is 0 Å². The molecule has 0 bridgehead atoms. The second-order valence-corrected chi connectivity index (χ2v) is 7.28. The first kappa shape index (κ1) is 21.0. The van der Waals surface area contributed by atoms with Gasteiger partial charge in [-0.1, -0.05) is 0 Å². The lowest BCUT2D eigenvalue weighted by atomic mass is 10.2. The summed E-state index contributed by atoms with van der Waals surface area (Å²) in [6.07, 6.45) is 0. The number of carbonyl (C=O) groups is 2. The molecule has 2 heterocycles. The number of amides is 2. The van der Waals surface area contributed by atoms with Gasteiger partial charge in [-0.25, -0.2) is 4.68 Å². The normalized spacial score (nSPS) is 12.4. The van der Waals surface area contributed by atoms with Crippen molar-refractivity contribution in [1.82, 2.24) is 15.1 Å². The van der Waals surface area contributed by atoms with Crippen LogP contribution >= 0.6 is 11.8 Å². The average Bonchev–Trinajstić information content (AvgIpc) is 3.30. The monoisotopic (exact) mass is 420 g/mol. The Labute approximate surface area is 173 Å². The summed E-state index contributed by atoms with van der Waals surface area (Å²) in [5.41, 5.74) is 2.26. The Bertz CT molecular complexity index is 899. The standard InChI is InChI=1S/C19H24N4O5S/c1-26-7-6-20-17(24)9-23-18(13-10-29-11-14(13)22-23)21-19(25)12-4-5-15(27-2)16(8-12)28-3/h4-5,8H,6-7,9-11H2,1-3H3,(H,20,24)(H,21,25). The molecule has 29 heavy (non-hydrogen) atoms. The highest BCUT2D eigenvalue weighted by molar-refractivity contribution is 7.98. The van der Waals surface area contributed by atoms with Crippen LogP contribution in [0.25, 0.3) is 0 Å². The fourth-order valence-electron chi connectivity index (χ4n) is 2.96. The molecule has 0 atom stereocenters. The third-order valence-electron chi connectivity index (χ3n) is 4.42. The molecule has 1 aromatic heterocycles. The zero-order chi connectivity index (χ0) is 20.8. The SMILES string of the molecule is COCCNC(=O)Cn1nc2c(c1NC(=O)c1ccc(OC)c(OC)c1)CSC2. The highest BCUT2D eigenvalue weighted by atomic mass is 32.2. The molecule has 9 nitrogen and oxygen atoms in total.